The number of amides is 1. The van der Waals surface area contributed by atoms with Gasteiger partial charge in [0.05, 0.1) is 11.6 Å². The molecule has 1 aromatic carbocycles. The van der Waals surface area contributed by atoms with Crippen LogP contribution < -0.4 is 5.32 Å². The van der Waals surface area contributed by atoms with Gasteiger partial charge in [-0.3, -0.25) is 4.79 Å². The van der Waals surface area contributed by atoms with E-state index < -0.39 is 0 Å². The second kappa shape index (κ2) is 2.54. The number of carbonyl (C=O) groups excluding carboxylic acids is 1. The van der Waals surface area contributed by atoms with E-state index in [0.29, 0.717) is 5.71 Å². The number of nitrogens with zero attached hydrogens (tertiary/aromatic N) is 1. The largest absolute Gasteiger partial charge is 0.328 e. The van der Waals surface area contributed by atoms with Crippen LogP contribution in [0.3, 0.4) is 0 Å². The maximum Gasteiger partial charge on any atom is 0.270 e. The van der Waals surface area contributed by atoms with Crippen LogP contribution in [0.4, 0.5) is 5.69 Å². The highest BCUT2D eigenvalue weighted by atomic mass is 16.1. The minimum atomic E-state index is -0.0892. The van der Waals surface area contributed by atoms with Gasteiger partial charge in [0, 0.05) is 6.20 Å². The fourth-order valence-electron chi connectivity index (χ4n) is 1.88. The van der Waals surface area contributed by atoms with Gasteiger partial charge in [-0.05, 0) is 11.6 Å². The quantitative estimate of drug-likeness (QED) is 0.652. The molecule has 1 aromatic rings. The lowest BCUT2D eigenvalue weighted by Crippen LogP contribution is -2.32. The summed E-state index contributed by atoms with van der Waals surface area (Å²) < 4.78 is 0. The van der Waals surface area contributed by atoms with Crippen molar-refractivity contribution in [1.29, 1.82) is 0 Å². The second-order valence-electron chi connectivity index (χ2n) is 3.37. The molecule has 0 spiro atoms. The van der Waals surface area contributed by atoms with Crippen LogP contribution in [0.1, 0.15) is 11.5 Å². The van der Waals surface area contributed by atoms with Gasteiger partial charge in [-0.15, -0.1) is 0 Å². The molecule has 2 heterocycles. The lowest BCUT2D eigenvalue weighted by atomic mass is 9.94. The van der Waals surface area contributed by atoms with E-state index in [-0.39, 0.29) is 11.8 Å². The SMILES string of the molecule is O=C1NC=CC2C1=Nc1ccccc12. The van der Waals surface area contributed by atoms with Gasteiger partial charge in [-0.25, -0.2) is 4.99 Å². The number of aliphatic imine (C=N–C) groups is 1. The molecule has 3 rings (SSSR count). The van der Waals surface area contributed by atoms with Crippen LogP contribution >= 0.6 is 0 Å². The molecule has 0 aliphatic carbocycles. The lowest BCUT2D eigenvalue weighted by molar-refractivity contribution is -0.114. The average Bonchev–Trinajstić information content (AvgIpc) is 2.59. The highest BCUT2D eigenvalue weighted by Gasteiger charge is 2.31. The molecule has 2 aliphatic rings. The van der Waals surface area contributed by atoms with Crippen molar-refractivity contribution in [2.75, 3.05) is 0 Å². The van der Waals surface area contributed by atoms with E-state index in [2.05, 4.69) is 10.3 Å². The summed E-state index contributed by atoms with van der Waals surface area (Å²) >= 11 is 0. The zero-order valence-electron chi connectivity index (χ0n) is 7.40. The average molecular weight is 184 g/mol. The number of para-hydroxylation sites is 1. The van der Waals surface area contributed by atoms with Crippen LogP contribution in [0, 0.1) is 0 Å². The number of allylic oxidation sites excluding steroid dienone is 1. The van der Waals surface area contributed by atoms with E-state index >= 15 is 0 Å². The summed E-state index contributed by atoms with van der Waals surface area (Å²) in [5, 5.41) is 2.64. The molecule has 3 heteroatoms. The van der Waals surface area contributed by atoms with Gasteiger partial charge in [0.1, 0.15) is 5.71 Å². The zero-order valence-corrected chi connectivity index (χ0v) is 7.40. The number of hydrogen-bond donors (Lipinski definition) is 1. The Labute approximate surface area is 81.2 Å². The predicted molar refractivity (Wildman–Crippen MR) is 53.6 cm³/mol. The third-order valence-corrected chi connectivity index (χ3v) is 2.54. The fourth-order valence-corrected chi connectivity index (χ4v) is 1.88. The van der Waals surface area contributed by atoms with Crippen LogP contribution in [0.25, 0.3) is 0 Å². The first-order valence-electron chi connectivity index (χ1n) is 4.51. The smallest absolute Gasteiger partial charge is 0.270 e. The molecular formula is C11H8N2O. The minimum Gasteiger partial charge on any atom is -0.328 e. The number of benzene rings is 1. The van der Waals surface area contributed by atoms with E-state index in [0.717, 1.165) is 11.3 Å². The molecule has 0 saturated carbocycles. The molecule has 0 bridgehead atoms. The van der Waals surface area contributed by atoms with Crippen molar-refractivity contribution in [3.63, 3.8) is 0 Å². The molecule has 0 aromatic heterocycles. The van der Waals surface area contributed by atoms with Crippen LogP contribution in [0.15, 0.2) is 41.5 Å². The normalized spacial score (nSPS) is 22.4. The first-order valence-corrected chi connectivity index (χ1v) is 4.51. The van der Waals surface area contributed by atoms with Crippen LogP contribution in [0.5, 0.6) is 0 Å². The Hall–Kier alpha value is -1.90. The maximum absolute atomic E-state index is 11.5. The summed E-state index contributed by atoms with van der Waals surface area (Å²) in [6, 6.07) is 7.85. The van der Waals surface area contributed by atoms with Crippen LogP contribution in [-0.4, -0.2) is 11.6 Å². The molecule has 1 amide bonds. The monoisotopic (exact) mass is 184 g/mol. The summed E-state index contributed by atoms with van der Waals surface area (Å²) in [5.74, 6) is -0.0337. The highest BCUT2D eigenvalue weighted by Crippen LogP contribution is 2.36. The standard InChI is InChI=1S/C11H8N2O/c14-11-10-8(5-6-12-11)7-3-1-2-4-9(7)13-10/h1-6,8H,(H,12,14). The summed E-state index contributed by atoms with van der Waals surface area (Å²) in [6.45, 7) is 0. The van der Waals surface area contributed by atoms with Gasteiger partial charge in [-0.2, -0.15) is 0 Å². The van der Waals surface area contributed by atoms with Gasteiger partial charge >= 0.3 is 0 Å². The Morgan fingerprint density at radius 1 is 1.29 bits per heavy atom. The van der Waals surface area contributed by atoms with E-state index in [1.54, 1.807) is 6.20 Å². The molecule has 1 unspecified atom stereocenters. The molecular weight excluding hydrogens is 176 g/mol. The minimum absolute atomic E-state index is 0.0555. The van der Waals surface area contributed by atoms with Crippen molar-refractivity contribution in [3.8, 4) is 0 Å². The topological polar surface area (TPSA) is 41.5 Å². The van der Waals surface area contributed by atoms with E-state index in [9.17, 15) is 4.79 Å². The van der Waals surface area contributed by atoms with Crippen molar-refractivity contribution in [3.05, 3.63) is 42.1 Å². The summed E-state index contributed by atoms with van der Waals surface area (Å²) in [6.07, 6.45) is 3.65. The van der Waals surface area contributed by atoms with Gasteiger partial charge < -0.3 is 5.32 Å². The fraction of sp³-hybridized carbons (Fsp3) is 0.0909. The van der Waals surface area contributed by atoms with E-state index in [1.807, 2.05) is 30.3 Å². The van der Waals surface area contributed by atoms with Gasteiger partial charge in [0.2, 0.25) is 0 Å². The first kappa shape index (κ1) is 7.50. The van der Waals surface area contributed by atoms with E-state index in [4.69, 9.17) is 0 Å². The third-order valence-electron chi connectivity index (χ3n) is 2.54. The molecule has 1 atom stereocenters. The lowest BCUT2D eigenvalue weighted by Gasteiger charge is -2.13. The summed E-state index contributed by atoms with van der Waals surface area (Å²) in [7, 11) is 0. The second-order valence-corrected chi connectivity index (χ2v) is 3.37. The van der Waals surface area contributed by atoms with Crippen molar-refractivity contribution >= 4 is 17.3 Å². The Bertz CT molecular complexity index is 474. The number of fused-ring (bicyclic) bond motifs is 3. The molecule has 2 aliphatic heterocycles. The molecule has 0 radical (unpaired) electrons. The van der Waals surface area contributed by atoms with Crippen molar-refractivity contribution in [2.45, 2.75) is 5.92 Å². The Morgan fingerprint density at radius 3 is 3.07 bits per heavy atom. The van der Waals surface area contributed by atoms with Crippen LogP contribution in [0.2, 0.25) is 0 Å². The molecule has 68 valence electrons. The Morgan fingerprint density at radius 2 is 2.14 bits per heavy atom. The van der Waals surface area contributed by atoms with Gasteiger partial charge in [0.25, 0.3) is 5.91 Å². The van der Waals surface area contributed by atoms with Gasteiger partial charge in [-0.1, -0.05) is 24.3 Å². The molecule has 0 saturated heterocycles. The number of rotatable bonds is 0. The third kappa shape index (κ3) is 0.865. The predicted octanol–water partition coefficient (Wildman–Crippen LogP) is 1.50. The van der Waals surface area contributed by atoms with E-state index in [1.165, 1.54) is 0 Å². The molecule has 14 heavy (non-hydrogen) atoms. The number of carbonyl (C=O) groups is 1. The number of hydrogen-bond acceptors (Lipinski definition) is 2. The van der Waals surface area contributed by atoms with Crippen molar-refractivity contribution in [2.24, 2.45) is 4.99 Å². The zero-order chi connectivity index (χ0) is 9.54. The van der Waals surface area contributed by atoms with Gasteiger partial charge in [0.15, 0.2) is 0 Å². The first-order chi connectivity index (χ1) is 6.86. The summed E-state index contributed by atoms with van der Waals surface area (Å²) in [4.78, 5) is 15.8. The maximum atomic E-state index is 11.5. The molecule has 3 nitrogen and oxygen atoms in total. The number of nitrogens with one attached hydrogen (secondary N) is 1. The Kier molecular flexibility index (Phi) is 1.36. The van der Waals surface area contributed by atoms with Crippen molar-refractivity contribution < 1.29 is 4.79 Å². The van der Waals surface area contributed by atoms with Crippen LogP contribution in [-0.2, 0) is 4.79 Å². The molecule has 0 fully saturated rings. The highest BCUT2D eigenvalue weighted by molar-refractivity contribution is 6.43. The summed E-state index contributed by atoms with van der Waals surface area (Å²) in [5.41, 5.74) is 2.64. The molecule has 1 N–H and O–H groups in total. The Balaban J connectivity index is 2.21. The van der Waals surface area contributed by atoms with Crippen molar-refractivity contribution in [1.82, 2.24) is 5.32 Å².